The first kappa shape index (κ1) is 36.9. The zero-order valence-electron chi connectivity index (χ0n) is 36.0. The Labute approximate surface area is 390 Å². The minimum atomic E-state index is -0.625. The van der Waals surface area contributed by atoms with E-state index in [1.807, 2.05) is 17.4 Å². The van der Waals surface area contributed by atoms with Gasteiger partial charge in [-0.05, 0) is 81.1 Å². The molecule has 0 radical (unpaired) electrons. The summed E-state index contributed by atoms with van der Waals surface area (Å²) in [6.45, 7) is 0. The standard InChI is InChI=1S/C63H37NO2S/c1-3-18-42-38(15-1)31-35-51-60(42)66-61-43-19-4-2-16-39(43)32-36-52(61)63(51)49-24-9-5-20-44(49)48-37-40(33-34-50(48)63)41-17-6-10-25-53(41)64(54-26-14-30-58-59(54)47-22-8-12-29-57(47)67-58)55-27-13-23-46-45-21-7-11-28-56(45)65-62(46)55/h1-37H. The second-order valence-corrected chi connectivity index (χ2v) is 18.9. The third-order valence-corrected chi connectivity index (χ3v) is 15.7. The molecule has 0 atom stereocenters. The van der Waals surface area contributed by atoms with Gasteiger partial charge in [-0.2, -0.15) is 0 Å². The second-order valence-electron chi connectivity index (χ2n) is 17.8. The average Bonchev–Trinajstić information content (AvgIpc) is 4.06. The summed E-state index contributed by atoms with van der Waals surface area (Å²) in [5.74, 6) is 1.84. The van der Waals surface area contributed by atoms with Gasteiger partial charge in [-0.3, -0.25) is 0 Å². The summed E-state index contributed by atoms with van der Waals surface area (Å²) in [5.41, 5.74) is 13.8. The maximum atomic E-state index is 7.23. The van der Waals surface area contributed by atoms with Crippen molar-refractivity contribution in [2.24, 2.45) is 0 Å². The van der Waals surface area contributed by atoms with E-state index in [1.54, 1.807) is 0 Å². The highest BCUT2D eigenvalue weighted by Gasteiger charge is 2.52. The first-order chi connectivity index (χ1) is 33.2. The molecule has 312 valence electrons. The fourth-order valence-electron chi connectivity index (χ4n) is 11.7. The highest BCUT2D eigenvalue weighted by molar-refractivity contribution is 7.26. The van der Waals surface area contributed by atoms with Crippen LogP contribution in [0.15, 0.2) is 229 Å². The maximum Gasteiger partial charge on any atom is 0.159 e. The molecule has 4 heteroatoms. The summed E-state index contributed by atoms with van der Waals surface area (Å²) in [5, 5.41) is 9.22. The summed E-state index contributed by atoms with van der Waals surface area (Å²) in [7, 11) is 0. The normalized spacial score (nSPS) is 13.3. The van der Waals surface area contributed by atoms with Crippen molar-refractivity contribution in [2.75, 3.05) is 4.90 Å². The van der Waals surface area contributed by atoms with Crippen molar-refractivity contribution in [3.05, 3.63) is 247 Å². The lowest BCUT2D eigenvalue weighted by molar-refractivity contribution is 0.447. The Morgan fingerprint density at radius 2 is 0.940 bits per heavy atom. The first-order valence-electron chi connectivity index (χ1n) is 22.9. The van der Waals surface area contributed by atoms with Crippen LogP contribution in [-0.2, 0) is 5.41 Å². The number of fused-ring (bicyclic) bond motifs is 19. The van der Waals surface area contributed by atoms with Crippen molar-refractivity contribution >= 4 is 92.1 Å². The number of para-hydroxylation sites is 3. The van der Waals surface area contributed by atoms with E-state index in [0.717, 1.165) is 94.3 Å². The Bertz CT molecular complexity index is 4150. The monoisotopic (exact) mass is 871 g/mol. The van der Waals surface area contributed by atoms with Crippen LogP contribution in [0.4, 0.5) is 17.1 Å². The highest BCUT2D eigenvalue weighted by atomic mass is 32.1. The number of thiophene rings is 1. The number of ether oxygens (including phenoxy) is 1. The van der Waals surface area contributed by atoms with Crippen LogP contribution in [0.25, 0.3) is 85.9 Å². The van der Waals surface area contributed by atoms with Crippen molar-refractivity contribution in [1.29, 1.82) is 0 Å². The van der Waals surface area contributed by atoms with Gasteiger partial charge in [0.15, 0.2) is 5.58 Å². The van der Waals surface area contributed by atoms with Gasteiger partial charge in [0.05, 0.1) is 22.5 Å². The molecule has 1 spiro atoms. The number of furan rings is 1. The van der Waals surface area contributed by atoms with Crippen LogP contribution >= 0.6 is 11.3 Å². The van der Waals surface area contributed by atoms with Crippen LogP contribution in [-0.4, -0.2) is 0 Å². The van der Waals surface area contributed by atoms with E-state index in [-0.39, 0.29) is 0 Å². The summed E-state index contributed by atoms with van der Waals surface area (Å²) >= 11 is 1.84. The molecule has 0 saturated carbocycles. The van der Waals surface area contributed by atoms with Gasteiger partial charge >= 0.3 is 0 Å². The van der Waals surface area contributed by atoms with E-state index >= 15 is 0 Å². The van der Waals surface area contributed by atoms with Crippen LogP contribution in [0.2, 0.25) is 0 Å². The van der Waals surface area contributed by atoms with E-state index in [9.17, 15) is 0 Å². The molecule has 0 N–H and O–H groups in total. The van der Waals surface area contributed by atoms with Crippen molar-refractivity contribution < 1.29 is 9.15 Å². The molecule has 0 unspecified atom stereocenters. The smallest absolute Gasteiger partial charge is 0.159 e. The van der Waals surface area contributed by atoms with Crippen LogP contribution in [0.5, 0.6) is 11.5 Å². The summed E-state index contributed by atoms with van der Waals surface area (Å²) in [6.07, 6.45) is 0. The predicted octanol–water partition coefficient (Wildman–Crippen LogP) is 17.9. The number of hydrogen-bond acceptors (Lipinski definition) is 4. The van der Waals surface area contributed by atoms with E-state index in [1.165, 1.54) is 42.4 Å². The largest absolute Gasteiger partial charge is 0.455 e. The lowest BCUT2D eigenvalue weighted by Crippen LogP contribution is -2.32. The minimum absolute atomic E-state index is 0.625. The van der Waals surface area contributed by atoms with Gasteiger partial charge in [0, 0.05) is 58.4 Å². The van der Waals surface area contributed by atoms with Crippen LogP contribution in [0, 0.1) is 0 Å². The zero-order valence-corrected chi connectivity index (χ0v) is 36.9. The number of nitrogens with zero attached hydrogens (tertiary/aromatic N) is 1. The maximum absolute atomic E-state index is 7.23. The SMILES string of the molecule is c1ccc(N(c2cccc3c2oc2ccccc23)c2cccc3sc4ccccc4c23)c(-c2ccc3c(c2)-c2ccccc2C32c3ccc4ccccc4c3Oc3c2ccc2ccccc32)c1. The van der Waals surface area contributed by atoms with Gasteiger partial charge in [0.1, 0.15) is 17.1 Å². The molecule has 0 saturated heterocycles. The predicted molar refractivity (Wildman–Crippen MR) is 279 cm³/mol. The third kappa shape index (κ3) is 5.00. The topological polar surface area (TPSA) is 25.6 Å². The average molecular weight is 872 g/mol. The van der Waals surface area contributed by atoms with Crippen molar-refractivity contribution in [1.82, 2.24) is 0 Å². The van der Waals surface area contributed by atoms with Crippen LogP contribution in [0.3, 0.4) is 0 Å². The van der Waals surface area contributed by atoms with Crippen molar-refractivity contribution in [3.63, 3.8) is 0 Å². The molecule has 2 aromatic heterocycles. The minimum Gasteiger partial charge on any atom is -0.455 e. The second kappa shape index (κ2) is 13.8. The Hall–Kier alpha value is -8.44. The van der Waals surface area contributed by atoms with Crippen LogP contribution in [0.1, 0.15) is 22.3 Å². The molecule has 15 rings (SSSR count). The van der Waals surface area contributed by atoms with Gasteiger partial charge in [-0.1, -0.05) is 182 Å². The molecule has 2 aliphatic rings. The Morgan fingerprint density at radius 1 is 0.373 bits per heavy atom. The number of anilines is 3. The highest BCUT2D eigenvalue weighted by Crippen LogP contribution is 2.64. The van der Waals surface area contributed by atoms with Gasteiger partial charge in [-0.15, -0.1) is 11.3 Å². The van der Waals surface area contributed by atoms with E-state index < -0.39 is 5.41 Å². The van der Waals surface area contributed by atoms with E-state index in [2.05, 4.69) is 223 Å². The number of hydrogen-bond donors (Lipinski definition) is 0. The van der Waals surface area contributed by atoms with Crippen LogP contribution < -0.4 is 9.64 Å². The fourth-order valence-corrected chi connectivity index (χ4v) is 12.9. The molecule has 0 fully saturated rings. The summed E-state index contributed by atoms with van der Waals surface area (Å²) in [4.78, 5) is 2.45. The Kier molecular flexibility index (Phi) is 7.58. The fraction of sp³-hybridized carbons (Fsp3) is 0.0159. The molecule has 1 aliphatic heterocycles. The molecular weight excluding hydrogens is 835 g/mol. The van der Waals surface area contributed by atoms with Gasteiger partial charge in [0.25, 0.3) is 0 Å². The molecular formula is C63H37NO2S. The molecule has 1 aliphatic carbocycles. The van der Waals surface area contributed by atoms with Crippen molar-refractivity contribution in [2.45, 2.75) is 5.41 Å². The molecule has 3 heterocycles. The van der Waals surface area contributed by atoms with E-state index in [4.69, 9.17) is 9.15 Å². The van der Waals surface area contributed by atoms with Gasteiger partial charge in [-0.25, -0.2) is 0 Å². The summed E-state index contributed by atoms with van der Waals surface area (Å²) < 4.78 is 16.6. The molecule has 0 bridgehead atoms. The number of rotatable bonds is 4. The number of benzene rings is 11. The van der Waals surface area contributed by atoms with Gasteiger partial charge in [0.2, 0.25) is 0 Å². The first-order valence-corrected chi connectivity index (χ1v) is 23.7. The Morgan fingerprint density at radius 3 is 1.75 bits per heavy atom. The lowest BCUT2D eigenvalue weighted by Gasteiger charge is -2.40. The summed E-state index contributed by atoms with van der Waals surface area (Å²) in [6, 6.07) is 82.0. The molecule has 3 nitrogen and oxygen atoms in total. The Balaban J connectivity index is 1.01. The third-order valence-electron chi connectivity index (χ3n) is 14.5. The molecule has 13 aromatic rings. The quantitative estimate of drug-likeness (QED) is 0.176. The molecule has 0 amide bonds. The van der Waals surface area contributed by atoms with Crippen molar-refractivity contribution in [3.8, 4) is 33.8 Å². The van der Waals surface area contributed by atoms with E-state index in [0.29, 0.717) is 0 Å². The molecule has 11 aromatic carbocycles. The lowest BCUT2D eigenvalue weighted by atomic mass is 9.65. The molecule has 67 heavy (non-hydrogen) atoms. The zero-order chi connectivity index (χ0) is 43.8. The van der Waals surface area contributed by atoms with Gasteiger partial charge < -0.3 is 14.1 Å².